The van der Waals surface area contributed by atoms with E-state index >= 15 is 0 Å². The summed E-state index contributed by atoms with van der Waals surface area (Å²) in [6, 6.07) is 13.3. The molecule has 0 radical (unpaired) electrons. The Morgan fingerprint density at radius 2 is 1.96 bits per heavy atom. The number of carbonyl (C=O) groups is 1. The molecular formula is C18H19ClN2O2. The number of hydrogen-bond donors (Lipinski definition) is 2. The predicted octanol–water partition coefficient (Wildman–Crippen LogP) is 4.48. The molecule has 4 nitrogen and oxygen atoms in total. The number of benzene rings is 2. The van der Waals surface area contributed by atoms with Crippen LogP contribution in [0.15, 0.2) is 42.5 Å². The number of halogens is 1. The Hall–Kier alpha value is -2.20. The molecule has 0 aliphatic carbocycles. The molecule has 2 aromatic rings. The molecule has 0 spiro atoms. The van der Waals surface area contributed by atoms with Crippen LogP contribution in [-0.4, -0.2) is 13.0 Å². The van der Waals surface area contributed by atoms with Crippen molar-refractivity contribution >= 4 is 28.9 Å². The van der Waals surface area contributed by atoms with Crippen molar-refractivity contribution in [1.82, 2.24) is 0 Å². The van der Waals surface area contributed by atoms with Crippen molar-refractivity contribution in [2.24, 2.45) is 5.92 Å². The van der Waals surface area contributed by atoms with Crippen molar-refractivity contribution in [3.8, 4) is 5.75 Å². The molecular weight excluding hydrogens is 312 g/mol. The monoisotopic (exact) mass is 330 g/mol. The summed E-state index contributed by atoms with van der Waals surface area (Å²) in [5, 5.41) is 7.19. The fourth-order valence-electron chi connectivity index (χ4n) is 2.80. The van der Waals surface area contributed by atoms with Gasteiger partial charge in [-0.3, -0.25) is 4.79 Å². The van der Waals surface area contributed by atoms with Crippen molar-refractivity contribution in [2.75, 3.05) is 17.7 Å². The minimum absolute atomic E-state index is 0.00947. The van der Waals surface area contributed by atoms with Gasteiger partial charge in [0.1, 0.15) is 5.75 Å². The third kappa shape index (κ3) is 3.42. The van der Waals surface area contributed by atoms with E-state index in [-0.39, 0.29) is 17.9 Å². The molecule has 2 N–H and O–H groups in total. The van der Waals surface area contributed by atoms with Crippen LogP contribution in [0.5, 0.6) is 5.75 Å². The zero-order valence-corrected chi connectivity index (χ0v) is 13.9. The van der Waals surface area contributed by atoms with E-state index in [1.807, 2.05) is 49.4 Å². The molecule has 0 bridgehead atoms. The molecule has 0 aromatic heterocycles. The lowest BCUT2D eigenvalue weighted by Crippen LogP contribution is -2.19. The first-order valence-electron chi connectivity index (χ1n) is 7.57. The van der Waals surface area contributed by atoms with E-state index in [1.165, 1.54) is 0 Å². The summed E-state index contributed by atoms with van der Waals surface area (Å²) in [4.78, 5) is 12.2. The Bertz CT molecular complexity index is 715. The summed E-state index contributed by atoms with van der Waals surface area (Å²) < 4.78 is 5.33. The lowest BCUT2D eigenvalue weighted by Gasteiger charge is -2.21. The molecule has 2 aromatic carbocycles. The quantitative estimate of drug-likeness (QED) is 0.872. The first-order valence-corrected chi connectivity index (χ1v) is 7.95. The van der Waals surface area contributed by atoms with Crippen LogP contribution in [0.2, 0.25) is 5.02 Å². The van der Waals surface area contributed by atoms with Gasteiger partial charge >= 0.3 is 0 Å². The van der Waals surface area contributed by atoms with Gasteiger partial charge in [-0.15, -0.1) is 0 Å². The van der Waals surface area contributed by atoms with Gasteiger partial charge in [-0.2, -0.15) is 0 Å². The molecule has 0 saturated carbocycles. The first kappa shape index (κ1) is 15.7. The van der Waals surface area contributed by atoms with Crippen LogP contribution in [0.3, 0.4) is 0 Å². The molecule has 0 saturated heterocycles. The Balaban J connectivity index is 1.97. The van der Waals surface area contributed by atoms with Crippen molar-refractivity contribution in [3.63, 3.8) is 0 Å². The minimum Gasteiger partial charge on any atom is -0.497 e. The zero-order chi connectivity index (χ0) is 16.4. The van der Waals surface area contributed by atoms with Crippen molar-refractivity contribution < 1.29 is 9.53 Å². The SMILES string of the molecule is COc1ccc2c(c1)C(Nc1ccc(Cl)cc1)CC(C)C(=O)N2. The maximum absolute atomic E-state index is 12.2. The molecule has 23 heavy (non-hydrogen) atoms. The molecule has 1 aliphatic rings. The number of nitrogens with one attached hydrogen (secondary N) is 2. The predicted molar refractivity (Wildman–Crippen MR) is 93.2 cm³/mol. The summed E-state index contributed by atoms with van der Waals surface area (Å²) in [5.74, 6) is 0.727. The molecule has 0 fully saturated rings. The Morgan fingerprint density at radius 3 is 2.65 bits per heavy atom. The third-order valence-electron chi connectivity index (χ3n) is 4.11. The van der Waals surface area contributed by atoms with Crippen LogP contribution in [0.4, 0.5) is 11.4 Å². The highest BCUT2D eigenvalue weighted by Crippen LogP contribution is 2.36. The second-order valence-electron chi connectivity index (χ2n) is 5.78. The molecule has 2 unspecified atom stereocenters. The fourth-order valence-corrected chi connectivity index (χ4v) is 2.92. The van der Waals surface area contributed by atoms with Crippen LogP contribution in [-0.2, 0) is 4.79 Å². The van der Waals surface area contributed by atoms with E-state index in [1.54, 1.807) is 7.11 Å². The van der Waals surface area contributed by atoms with Crippen LogP contribution in [0, 0.1) is 5.92 Å². The maximum atomic E-state index is 12.2. The summed E-state index contributed by atoms with van der Waals surface area (Å²) in [6.45, 7) is 1.94. The summed E-state index contributed by atoms with van der Waals surface area (Å²) in [5.41, 5.74) is 2.82. The maximum Gasteiger partial charge on any atom is 0.227 e. The Labute approximate surface area is 140 Å². The second-order valence-corrected chi connectivity index (χ2v) is 6.22. The van der Waals surface area contributed by atoms with Crippen molar-refractivity contribution in [3.05, 3.63) is 53.1 Å². The number of amides is 1. The second kappa shape index (κ2) is 6.50. The van der Waals surface area contributed by atoms with Crippen LogP contribution in [0.1, 0.15) is 24.9 Å². The van der Waals surface area contributed by atoms with Crippen LogP contribution in [0.25, 0.3) is 0 Å². The van der Waals surface area contributed by atoms with E-state index < -0.39 is 0 Å². The van der Waals surface area contributed by atoms with Crippen LogP contribution < -0.4 is 15.4 Å². The number of rotatable bonds is 3. The van der Waals surface area contributed by atoms with Crippen LogP contribution >= 0.6 is 11.6 Å². The van der Waals surface area contributed by atoms with Gasteiger partial charge in [-0.05, 0) is 48.9 Å². The Morgan fingerprint density at radius 1 is 1.22 bits per heavy atom. The van der Waals surface area contributed by atoms with Gasteiger partial charge in [0.15, 0.2) is 0 Å². The number of fused-ring (bicyclic) bond motifs is 1. The zero-order valence-electron chi connectivity index (χ0n) is 13.1. The van der Waals surface area contributed by atoms with Gasteiger partial charge in [0.2, 0.25) is 5.91 Å². The van der Waals surface area contributed by atoms with Gasteiger partial charge in [-0.25, -0.2) is 0 Å². The highest BCUT2D eigenvalue weighted by atomic mass is 35.5. The largest absolute Gasteiger partial charge is 0.497 e. The molecule has 120 valence electrons. The normalized spacial score (nSPS) is 20.2. The van der Waals surface area contributed by atoms with E-state index in [0.717, 1.165) is 22.7 Å². The molecule has 2 atom stereocenters. The average Bonchev–Trinajstić information content (AvgIpc) is 2.67. The van der Waals surface area contributed by atoms with Gasteiger partial charge in [-0.1, -0.05) is 18.5 Å². The first-order chi connectivity index (χ1) is 11.1. The fraction of sp³-hybridized carbons (Fsp3) is 0.278. The molecule has 1 amide bonds. The number of hydrogen-bond acceptors (Lipinski definition) is 3. The number of methoxy groups -OCH3 is 1. The van der Waals surface area contributed by atoms with Gasteiger partial charge in [0.05, 0.1) is 13.2 Å². The summed E-state index contributed by atoms with van der Waals surface area (Å²) >= 11 is 5.94. The van der Waals surface area contributed by atoms with Gasteiger partial charge in [0.25, 0.3) is 0 Å². The molecule has 1 aliphatic heterocycles. The number of ether oxygens (including phenoxy) is 1. The third-order valence-corrected chi connectivity index (χ3v) is 4.37. The highest BCUT2D eigenvalue weighted by Gasteiger charge is 2.27. The Kier molecular flexibility index (Phi) is 4.44. The van der Waals surface area contributed by atoms with Gasteiger partial charge < -0.3 is 15.4 Å². The average molecular weight is 331 g/mol. The number of anilines is 2. The summed E-state index contributed by atoms with van der Waals surface area (Å²) in [7, 11) is 1.64. The lowest BCUT2D eigenvalue weighted by molar-refractivity contribution is -0.119. The molecule has 3 rings (SSSR count). The lowest BCUT2D eigenvalue weighted by atomic mass is 9.96. The summed E-state index contributed by atoms with van der Waals surface area (Å²) in [6.07, 6.45) is 0.703. The van der Waals surface area contributed by atoms with Crippen molar-refractivity contribution in [2.45, 2.75) is 19.4 Å². The molecule has 1 heterocycles. The smallest absolute Gasteiger partial charge is 0.227 e. The topological polar surface area (TPSA) is 50.4 Å². The number of carbonyl (C=O) groups excluding carboxylic acids is 1. The standard InChI is InChI=1S/C18H19ClN2O2/c1-11-9-17(20-13-5-3-12(19)4-6-13)15-10-14(23-2)7-8-16(15)21-18(11)22/h3-8,10-11,17,20H,9H2,1-2H3,(H,21,22). The van der Waals surface area contributed by atoms with E-state index in [9.17, 15) is 4.79 Å². The van der Waals surface area contributed by atoms with Gasteiger partial charge in [0, 0.05) is 27.9 Å². The minimum atomic E-state index is -0.0850. The van der Waals surface area contributed by atoms with Crippen molar-refractivity contribution in [1.29, 1.82) is 0 Å². The van der Waals surface area contributed by atoms with E-state index in [0.29, 0.717) is 11.4 Å². The highest BCUT2D eigenvalue weighted by molar-refractivity contribution is 6.30. The van der Waals surface area contributed by atoms with E-state index in [2.05, 4.69) is 10.6 Å². The molecule has 5 heteroatoms. The van der Waals surface area contributed by atoms with E-state index in [4.69, 9.17) is 16.3 Å².